The summed E-state index contributed by atoms with van der Waals surface area (Å²) in [5, 5.41) is 4.78. The molecule has 0 aliphatic carbocycles. The van der Waals surface area contributed by atoms with Crippen molar-refractivity contribution in [1.29, 1.82) is 0 Å². The van der Waals surface area contributed by atoms with E-state index in [9.17, 15) is 4.39 Å². The van der Waals surface area contributed by atoms with Gasteiger partial charge in [-0.2, -0.15) is 0 Å². The summed E-state index contributed by atoms with van der Waals surface area (Å²) in [4.78, 5) is 19.6. The van der Waals surface area contributed by atoms with Gasteiger partial charge >= 0.3 is 0 Å². The summed E-state index contributed by atoms with van der Waals surface area (Å²) in [6, 6.07) is 18.1. The van der Waals surface area contributed by atoms with Crippen molar-refractivity contribution in [1.82, 2.24) is 24.8 Å². The Bertz CT molecular complexity index is 1590. The van der Waals surface area contributed by atoms with Crippen molar-refractivity contribution < 1.29 is 9.13 Å². The third kappa shape index (κ3) is 5.61. The monoisotopic (exact) mass is 522 g/mol. The van der Waals surface area contributed by atoms with Crippen molar-refractivity contribution in [3.63, 3.8) is 0 Å². The molecule has 4 heterocycles. The summed E-state index contributed by atoms with van der Waals surface area (Å²) in [5.41, 5.74) is 6.32. The highest BCUT2D eigenvalue weighted by molar-refractivity contribution is 5.84. The van der Waals surface area contributed by atoms with E-state index in [0.717, 1.165) is 67.2 Å². The van der Waals surface area contributed by atoms with Crippen LogP contribution in [0.15, 0.2) is 73.2 Å². The van der Waals surface area contributed by atoms with Crippen LogP contribution < -0.4 is 10.1 Å². The van der Waals surface area contributed by atoms with Gasteiger partial charge in [-0.05, 0) is 42.2 Å². The van der Waals surface area contributed by atoms with Gasteiger partial charge in [0, 0.05) is 73.1 Å². The largest absolute Gasteiger partial charge is 0.497 e. The minimum absolute atomic E-state index is 0.398. The molecule has 39 heavy (non-hydrogen) atoms. The van der Waals surface area contributed by atoms with Crippen LogP contribution in [0, 0.1) is 5.82 Å². The second-order valence-electron chi connectivity index (χ2n) is 9.88. The van der Waals surface area contributed by atoms with E-state index in [0.29, 0.717) is 17.9 Å². The summed E-state index contributed by atoms with van der Waals surface area (Å²) < 4.78 is 19.4. The lowest BCUT2D eigenvalue weighted by Crippen LogP contribution is -2.25. The van der Waals surface area contributed by atoms with Crippen LogP contribution in [0.5, 0.6) is 5.75 Å². The number of nitrogens with one attached hydrogen (secondary N) is 2. The molecule has 0 bridgehead atoms. The first-order valence-electron chi connectivity index (χ1n) is 13.3. The number of halogens is 1. The topological polar surface area (TPSA) is 79.0 Å². The molecular weight excluding hydrogens is 491 g/mol. The van der Waals surface area contributed by atoms with Crippen molar-refractivity contribution >= 4 is 16.7 Å². The highest BCUT2D eigenvalue weighted by Gasteiger charge is 2.21. The Balaban J connectivity index is 1.25. The number of hydrogen-bond donors (Lipinski definition) is 2. The second kappa shape index (κ2) is 11.2. The van der Waals surface area contributed by atoms with Crippen LogP contribution in [0.25, 0.3) is 22.3 Å². The predicted molar refractivity (Wildman–Crippen MR) is 151 cm³/mol. The molecule has 6 rings (SSSR count). The van der Waals surface area contributed by atoms with Crippen LogP contribution in [0.2, 0.25) is 0 Å². The number of ether oxygens (including phenoxy) is 1. The molecule has 0 fully saturated rings. The van der Waals surface area contributed by atoms with Crippen molar-refractivity contribution in [3.05, 3.63) is 101 Å². The van der Waals surface area contributed by atoms with E-state index in [-0.39, 0.29) is 0 Å². The summed E-state index contributed by atoms with van der Waals surface area (Å²) in [5.74, 6) is 1.75. The van der Waals surface area contributed by atoms with Gasteiger partial charge in [0.1, 0.15) is 17.4 Å². The number of pyridine rings is 1. The minimum atomic E-state index is -0.398. The number of aromatic amines is 1. The van der Waals surface area contributed by atoms with E-state index in [1.165, 1.54) is 28.8 Å². The number of methoxy groups -OCH3 is 1. The number of benzene rings is 2. The summed E-state index contributed by atoms with van der Waals surface area (Å²) in [7, 11) is 1.68. The Labute approximate surface area is 227 Å². The zero-order valence-corrected chi connectivity index (χ0v) is 22.0. The molecule has 0 saturated heterocycles. The van der Waals surface area contributed by atoms with Crippen molar-refractivity contribution in [2.45, 2.75) is 25.8 Å². The van der Waals surface area contributed by atoms with Crippen LogP contribution in [0.4, 0.5) is 10.2 Å². The lowest BCUT2D eigenvalue weighted by Gasteiger charge is -2.19. The molecule has 8 heteroatoms. The van der Waals surface area contributed by atoms with E-state index in [2.05, 4.69) is 56.7 Å². The molecule has 198 valence electrons. The van der Waals surface area contributed by atoms with Gasteiger partial charge in [-0.1, -0.05) is 30.3 Å². The van der Waals surface area contributed by atoms with Gasteiger partial charge in [0.25, 0.3) is 0 Å². The van der Waals surface area contributed by atoms with Gasteiger partial charge in [0.2, 0.25) is 0 Å². The van der Waals surface area contributed by atoms with Crippen LogP contribution >= 0.6 is 0 Å². The Morgan fingerprint density at radius 2 is 1.90 bits per heavy atom. The Morgan fingerprint density at radius 3 is 2.74 bits per heavy atom. The normalized spacial score (nSPS) is 13.7. The van der Waals surface area contributed by atoms with Crippen LogP contribution in [0.3, 0.4) is 0 Å². The van der Waals surface area contributed by atoms with Gasteiger partial charge in [-0.25, -0.2) is 14.4 Å². The van der Waals surface area contributed by atoms with Crippen molar-refractivity contribution in [2.75, 3.05) is 32.1 Å². The summed E-state index contributed by atoms with van der Waals surface area (Å²) in [6.07, 6.45) is 7.34. The van der Waals surface area contributed by atoms with Crippen LogP contribution in [0.1, 0.15) is 22.4 Å². The van der Waals surface area contributed by atoms with Gasteiger partial charge in [0.15, 0.2) is 5.82 Å². The molecule has 2 N–H and O–H groups in total. The first-order chi connectivity index (χ1) is 19.2. The summed E-state index contributed by atoms with van der Waals surface area (Å²) >= 11 is 0. The van der Waals surface area contributed by atoms with E-state index in [1.54, 1.807) is 13.3 Å². The SMILES string of the molecule is COc1ccc2c(CCNc3nc(-c4cncc(F)c4)nc4c3CCN(Cc3ccccc3)CC4)c[nH]c2c1. The average Bonchev–Trinajstić information content (AvgIpc) is 3.25. The van der Waals surface area contributed by atoms with Gasteiger partial charge in [-0.15, -0.1) is 0 Å². The smallest absolute Gasteiger partial charge is 0.163 e. The van der Waals surface area contributed by atoms with Crippen molar-refractivity contribution in [3.8, 4) is 17.1 Å². The van der Waals surface area contributed by atoms with Gasteiger partial charge in [0.05, 0.1) is 19.0 Å². The number of nitrogens with zero attached hydrogens (tertiary/aromatic N) is 4. The number of anilines is 1. The fourth-order valence-electron chi connectivity index (χ4n) is 5.27. The maximum absolute atomic E-state index is 14.0. The predicted octanol–water partition coefficient (Wildman–Crippen LogP) is 5.42. The molecule has 1 aliphatic heterocycles. The van der Waals surface area contributed by atoms with Crippen molar-refractivity contribution in [2.24, 2.45) is 0 Å². The minimum Gasteiger partial charge on any atom is -0.497 e. The van der Waals surface area contributed by atoms with E-state index < -0.39 is 5.82 Å². The molecular formula is C31H31FN6O. The first kappa shape index (κ1) is 25.0. The van der Waals surface area contributed by atoms with E-state index in [1.807, 2.05) is 18.2 Å². The molecule has 1 aliphatic rings. The molecule has 0 spiro atoms. The summed E-state index contributed by atoms with van der Waals surface area (Å²) in [6.45, 7) is 3.43. The standard InChI is InChI=1S/C31H31FN6O/c1-39-25-7-8-26-22(18-35-29(26)16-25)9-12-34-31-27-10-13-38(20-21-5-3-2-4-6-21)14-11-28(27)36-30(37-31)23-15-24(32)19-33-17-23/h2-8,15-19,35H,9-14,20H2,1H3,(H,34,36,37). The first-order valence-corrected chi connectivity index (χ1v) is 13.3. The Morgan fingerprint density at radius 1 is 1.03 bits per heavy atom. The molecule has 2 aromatic carbocycles. The quantitative estimate of drug-likeness (QED) is 0.283. The van der Waals surface area contributed by atoms with Crippen LogP contribution in [-0.4, -0.2) is 51.6 Å². The molecule has 3 aromatic heterocycles. The molecule has 5 aromatic rings. The third-order valence-corrected chi connectivity index (χ3v) is 7.31. The number of aromatic nitrogens is 4. The lowest BCUT2D eigenvalue weighted by molar-refractivity contribution is 0.279. The maximum Gasteiger partial charge on any atom is 0.163 e. The number of rotatable bonds is 8. The molecule has 7 nitrogen and oxygen atoms in total. The highest BCUT2D eigenvalue weighted by atomic mass is 19.1. The molecule has 0 atom stereocenters. The van der Waals surface area contributed by atoms with E-state index in [4.69, 9.17) is 14.7 Å². The molecule has 0 amide bonds. The second-order valence-corrected chi connectivity index (χ2v) is 9.88. The highest BCUT2D eigenvalue weighted by Crippen LogP contribution is 2.27. The fourth-order valence-corrected chi connectivity index (χ4v) is 5.27. The third-order valence-electron chi connectivity index (χ3n) is 7.31. The average molecular weight is 523 g/mol. The fraction of sp³-hybridized carbons (Fsp3) is 0.258. The number of hydrogen-bond acceptors (Lipinski definition) is 6. The van der Waals surface area contributed by atoms with Gasteiger partial charge in [-0.3, -0.25) is 9.88 Å². The molecule has 0 radical (unpaired) electrons. The Kier molecular flexibility index (Phi) is 7.19. The van der Waals surface area contributed by atoms with E-state index >= 15 is 0 Å². The Hall–Kier alpha value is -4.30. The van der Waals surface area contributed by atoms with Gasteiger partial charge < -0.3 is 15.0 Å². The number of fused-ring (bicyclic) bond motifs is 2. The zero-order valence-electron chi connectivity index (χ0n) is 22.0. The zero-order chi connectivity index (χ0) is 26.6. The molecule has 0 unspecified atom stereocenters. The maximum atomic E-state index is 14.0. The van der Waals surface area contributed by atoms with Crippen LogP contribution in [-0.2, 0) is 25.8 Å². The lowest BCUT2D eigenvalue weighted by atomic mass is 10.1. The number of H-pyrrole nitrogens is 1. The molecule has 0 saturated carbocycles.